The van der Waals surface area contributed by atoms with Gasteiger partial charge in [0.25, 0.3) is 0 Å². The zero-order chi connectivity index (χ0) is 22.5. The van der Waals surface area contributed by atoms with Crippen molar-refractivity contribution in [1.82, 2.24) is 0 Å². The lowest BCUT2D eigenvalue weighted by molar-refractivity contribution is -0.332. The number of sulfone groups is 1. The number of rotatable bonds is 4. The van der Waals surface area contributed by atoms with Crippen molar-refractivity contribution in [3.8, 4) is 6.07 Å². The molecular formula is C16H7Br2F7NO2S. The molecule has 0 heterocycles. The van der Waals surface area contributed by atoms with Crippen molar-refractivity contribution in [3.05, 3.63) is 62.9 Å². The van der Waals surface area contributed by atoms with Crippen LogP contribution in [0.5, 0.6) is 0 Å². The Morgan fingerprint density at radius 1 is 0.931 bits per heavy atom. The van der Waals surface area contributed by atoms with Crippen LogP contribution in [0.2, 0.25) is 0 Å². The van der Waals surface area contributed by atoms with E-state index in [0.717, 1.165) is 24.6 Å². The smallest absolute Gasteiger partial charge is 0.221 e. The quantitative estimate of drug-likeness (QED) is 0.435. The molecule has 2 rings (SSSR count). The topological polar surface area (TPSA) is 57.9 Å². The molecule has 0 unspecified atom stereocenters. The predicted molar refractivity (Wildman–Crippen MR) is 96.0 cm³/mol. The molecule has 29 heavy (non-hydrogen) atoms. The van der Waals surface area contributed by atoms with Gasteiger partial charge in [0.15, 0.2) is 0 Å². The normalized spacial score (nSPS) is 17.9. The highest BCUT2D eigenvalue weighted by Gasteiger charge is 2.81. The summed E-state index contributed by atoms with van der Waals surface area (Å²) in [5.74, 6) is -6.91. The Bertz CT molecular complexity index is 1020. The second-order valence-corrected chi connectivity index (χ2v) is 9.77. The molecule has 0 atom stereocenters. The maximum absolute atomic E-state index is 14.4. The monoisotopic (exact) mass is 568 g/mol. The molecule has 0 N–H and O–H groups in total. The fraction of sp³-hybridized carbons (Fsp3) is 0.250. The van der Waals surface area contributed by atoms with E-state index < -0.39 is 43.1 Å². The van der Waals surface area contributed by atoms with Crippen LogP contribution in [0.4, 0.5) is 30.7 Å². The van der Waals surface area contributed by atoms with E-state index in [-0.39, 0.29) is 8.96 Å². The fourth-order valence-corrected chi connectivity index (χ4v) is 6.32. The van der Waals surface area contributed by atoms with Crippen molar-refractivity contribution in [2.45, 2.75) is 22.1 Å². The summed E-state index contributed by atoms with van der Waals surface area (Å²) in [5.41, 5.74) is -1.24. The molecule has 1 aromatic rings. The summed E-state index contributed by atoms with van der Waals surface area (Å²) in [6.45, 7) is 0. The molecule has 0 bridgehead atoms. The number of halogens is 9. The molecule has 13 heteroatoms. The van der Waals surface area contributed by atoms with E-state index in [1.165, 1.54) is 12.1 Å². The van der Waals surface area contributed by atoms with Crippen molar-refractivity contribution in [2.75, 3.05) is 0 Å². The zero-order valence-corrected chi connectivity index (χ0v) is 17.6. The van der Waals surface area contributed by atoms with Gasteiger partial charge >= 0.3 is 17.4 Å². The van der Waals surface area contributed by atoms with Crippen molar-refractivity contribution in [1.29, 1.82) is 5.26 Å². The van der Waals surface area contributed by atoms with Gasteiger partial charge in [-0.2, -0.15) is 36.0 Å². The van der Waals surface area contributed by atoms with Gasteiger partial charge in [-0.25, -0.2) is 8.42 Å². The van der Waals surface area contributed by atoms with Gasteiger partial charge in [0.1, 0.15) is 4.75 Å². The minimum atomic E-state index is -6.91. The van der Waals surface area contributed by atoms with Crippen LogP contribution in [0.15, 0.2) is 45.4 Å². The van der Waals surface area contributed by atoms with Crippen molar-refractivity contribution in [2.24, 2.45) is 0 Å². The standard InChI is InChI=1S/C16H7Br2F7NO2S/c17-10-5-11(18)7-13(6-10,12-4-2-1-3-9(12)8-26)29(27,28)16(24,25)14(19,20)15(21,22)23/h1-7H. The highest BCUT2D eigenvalue weighted by molar-refractivity contribution is 9.12. The van der Waals surface area contributed by atoms with Crippen LogP contribution in [0.1, 0.15) is 11.1 Å². The number of allylic oxidation sites excluding steroid dienone is 2. The molecule has 3 nitrogen and oxygen atoms in total. The highest BCUT2D eigenvalue weighted by Crippen LogP contribution is 2.56. The summed E-state index contributed by atoms with van der Waals surface area (Å²) in [5, 5.41) is 2.64. The van der Waals surface area contributed by atoms with E-state index in [0.29, 0.717) is 12.2 Å². The first-order valence-electron chi connectivity index (χ1n) is 7.23. The van der Waals surface area contributed by atoms with Gasteiger partial charge in [-0.3, -0.25) is 0 Å². The molecule has 0 aromatic heterocycles. The lowest BCUT2D eigenvalue weighted by Gasteiger charge is -2.37. The van der Waals surface area contributed by atoms with Gasteiger partial charge in [-0.05, 0) is 23.8 Å². The molecule has 1 radical (unpaired) electrons. The Labute approximate surface area is 177 Å². The Balaban J connectivity index is 2.99. The molecule has 1 aliphatic carbocycles. The average Bonchev–Trinajstić information content (AvgIpc) is 2.59. The van der Waals surface area contributed by atoms with E-state index in [2.05, 4.69) is 31.9 Å². The zero-order valence-electron chi connectivity index (χ0n) is 13.6. The first-order chi connectivity index (χ1) is 13.0. The van der Waals surface area contributed by atoms with E-state index in [4.69, 9.17) is 0 Å². The van der Waals surface area contributed by atoms with Crippen molar-refractivity contribution >= 4 is 41.7 Å². The maximum Gasteiger partial charge on any atom is 0.461 e. The van der Waals surface area contributed by atoms with Crippen molar-refractivity contribution < 1.29 is 39.2 Å². The van der Waals surface area contributed by atoms with Crippen LogP contribution < -0.4 is 0 Å². The van der Waals surface area contributed by atoms with E-state index >= 15 is 0 Å². The molecule has 157 valence electrons. The maximum atomic E-state index is 14.4. The third kappa shape index (κ3) is 3.53. The number of alkyl halides is 7. The van der Waals surface area contributed by atoms with Gasteiger partial charge in [0.05, 0.1) is 11.6 Å². The summed E-state index contributed by atoms with van der Waals surface area (Å²) in [6, 6.07) is 5.76. The van der Waals surface area contributed by atoms with Crippen LogP contribution in [-0.4, -0.2) is 25.8 Å². The van der Waals surface area contributed by atoms with Crippen LogP contribution in [0.25, 0.3) is 0 Å². The summed E-state index contributed by atoms with van der Waals surface area (Å²) in [4.78, 5) is 0. The predicted octanol–water partition coefficient (Wildman–Crippen LogP) is 5.73. The number of hydrogen-bond acceptors (Lipinski definition) is 3. The second-order valence-electron chi connectivity index (χ2n) is 5.75. The van der Waals surface area contributed by atoms with Crippen LogP contribution in [0, 0.1) is 17.8 Å². The largest absolute Gasteiger partial charge is 0.461 e. The first-order valence-corrected chi connectivity index (χ1v) is 10.3. The molecule has 0 amide bonds. The molecular weight excluding hydrogens is 563 g/mol. The number of nitrogens with zero attached hydrogens (tertiary/aromatic N) is 1. The molecule has 0 spiro atoms. The summed E-state index contributed by atoms with van der Waals surface area (Å²) in [6.07, 6.45) is -4.67. The van der Waals surface area contributed by atoms with Gasteiger partial charge < -0.3 is 0 Å². The Kier molecular flexibility index (Phi) is 6.08. The Morgan fingerprint density at radius 2 is 1.41 bits per heavy atom. The summed E-state index contributed by atoms with van der Waals surface area (Å²) >= 11 is 5.66. The second kappa shape index (κ2) is 7.39. The minimum Gasteiger partial charge on any atom is -0.221 e. The fourth-order valence-electron chi connectivity index (χ4n) is 2.59. The van der Waals surface area contributed by atoms with Gasteiger partial charge in [0.2, 0.25) is 9.84 Å². The summed E-state index contributed by atoms with van der Waals surface area (Å²) < 4.78 is 116. The minimum absolute atomic E-state index is 0.214. The molecule has 0 fully saturated rings. The first kappa shape index (κ1) is 23.9. The number of nitriles is 1. The molecule has 0 saturated heterocycles. The molecule has 1 aliphatic rings. The third-order valence-electron chi connectivity index (χ3n) is 3.95. The molecule has 0 aliphatic heterocycles. The lowest BCUT2D eigenvalue weighted by atomic mass is 9.90. The van der Waals surface area contributed by atoms with Crippen LogP contribution in [-0.2, 0) is 14.6 Å². The number of hydrogen-bond donors (Lipinski definition) is 0. The highest BCUT2D eigenvalue weighted by atomic mass is 79.9. The van der Waals surface area contributed by atoms with Gasteiger partial charge in [0, 0.05) is 15.4 Å². The van der Waals surface area contributed by atoms with E-state index in [1.807, 2.05) is 0 Å². The lowest BCUT2D eigenvalue weighted by Crippen LogP contribution is -2.60. The Hall–Kier alpha value is -1.39. The SMILES string of the molecule is N#Cc1ccccc1C1(S(=O)(=O)C(F)(F)C(F)(F)C(F)(F)F)C=C(Br)[CH]C(Br)=C1. The van der Waals surface area contributed by atoms with Gasteiger partial charge in [-0.15, -0.1) is 0 Å². The third-order valence-corrected chi connectivity index (χ3v) is 7.14. The van der Waals surface area contributed by atoms with Crippen LogP contribution in [0.3, 0.4) is 0 Å². The Morgan fingerprint density at radius 3 is 1.86 bits per heavy atom. The molecule has 1 aromatic carbocycles. The van der Waals surface area contributed by atoms with E-state index in [9.17, 15) is 44.4 Å². The van der Waals surface area contributed by atoms with Gasteiger partial charge in [-0.1, -0.05) is 50.1 Å². The van der Waals surface area contributed by atoms with Crippen LogP contribution >= 0.6 is 31.9 Å². The van der Waals surface area contributed by atoms with Crippen molar-refractivity contribution in [3.63, 3.8) is 0 Å². The summed E-state index contributed by atoms with van der Waals surface area (Å²) in [7, 11) is -6.70. The average molecular weight is 570 g/mol. The number of benzene rings is 1. The molecule has 0 saturated carbocycles. The van der Waals surface area contributed by atoms with E-state index in [1.54, 1.807) is 0 Å².